The van der Waals surface area contributed by atoms with Crippen LogP contribution in [0.3, 0.4) is 0 Å². The molecule has 7 nitrogen and oxygen atoms in total. The minimum absolute atomic E-state index is 0.0231. The first-order chi connectivity index (χ1) is 16.5. The van der Waals surface area contributed by atoms with Gasteiger partial charge in [-0.1, -0.05) is 74.0 Å². The summed E-state index contributed by atoms with van der Waals surface area (Å²) in [5.74, 6) is -1.76. The molecule has 0 bridgehead atoms. The summed E-state index contributed by atoms with van der Waals surface area (Å²) >= 11 is 0. The fourth-order valence-electron chi connectivity index (χ4n) is 4.84. The summed E-state index contributed by atoms with van der Waals surface area (Å²) in [7, 11) is 0. The van der Waals surface area contributed by atoms with Crippen LogP contribution in [-0.2, 0) is 14.3 Å². The average Bonchev–Trinajstić information content (AvgIpc) is 3.16. The maximum Gasteiger partial charge on any atom is 0.407 e. The molecule has 2 amide bonds. The van der Waals surface area contributed by atoms with Gasteiger partial charge in [-0.2, -0.15) is 0 Å². The third-order valence-corrected chi connectivity index (χ3v) is 6.54. The van der Waals surface area contributed by atoms with Crippen molar-refractivity contribution >= 4 is 18.0 Å². The number of alkyl carbamates (subject to hydrolysis) is 1. The van der Waals surface area contributed by atoms with E-state index in [-0.39, 0.29) is 24.5 Å². The number of benzene rings is 2. The SMILES string of the molecule is CCCC(NC(=O)C1CC=CC(NC(=O)OCC2c3ccccc3-c3ccccc32)C1)C(=O)O. The average molecular weight is 463 g/mol. The van der Waals surface area contributed by atoms with Crippen molar-refractivity contribution in [2.24, 2.45) is 5.92 Å². The molecule has 0 aliphatic heterocycles. The van der Waals surface area contributed by atoms with E-state index >= 15 is 0 Å². The maximum absolute atomic E-state index is 12.6. The highest BCUT2D eigenvalue weighted by molar-refractivity contribution is 5.85. The van der Waals surface area contributed by atoms with Crippen LogP contribution in [0.4, 0.5) is 4.79 Å². The lowest BCUT2D eigenvalue weighted by Gasteiger charge is -2.26. The van der Waals surface area contributed by atoms with Crippen LogP contribution < -0.4 is 10.6 Å². The normalized spacial score (nSPS) is 19.6. The number of hydrogen-bond donors (Lipinski definition) is 3. The van der Waals surface area contributed by atoms with Crippen LogP contribution >= 0.6 is 0 Å². The molecule has 0 radical (unpaired) electrons. The molecule has 2 aliphatic carbocycles. The highest BCUT2D eigenvalue weighted by atomic mass is 16.5. The van der Waals surface area contributed by atoms with Crippen molar-refractivity contribution in [3.63, 3.8) is 0 Å². The quantitative estimate of drug-likeness (QED) is 0.509. The second kappa shape index (κ2) is 10.5. The number of carbonyl (C=O) groups is 3. The number of rotatable bonds is 8. The Morgan fingerprint density at radius 3 is 2.32 bits per heavy atom. The van der Waals surface area contributed by atoms with E-state index in [2.05, 4.69) is 34.9 Å². The maximum atomic E-state index is 12.6. The third kappa shape index (κ3) is 5.14. The van der Waals surface area contributed by atoms with E-state index in [4.69, 9.17) is 4.74 Å². The van der Waals surface area contributed by atoms with Crippen LogP contribution in [0.1, 0.15) is 49.7 Å². The summed E-state index contributed by atoms with van der Waals surface area (Å²) in [6.07, 6.45) is 5.10. The first-order valence-electron chi connectivity index (χ1n) is 11.8. The standard InChI is InChI=1S/C27H30N2O5/c1-2-8-24(26(31)32)29-25(30)17-9-7-10-18(15-17)28-27(33)34-16-23-21-13-5-3-11-19(21)20-12-4-6-14-22(20)23/h3-7,10-14,17-18,23-24H,2,8-9,15-16H2,1H3,(H,28,33)(H,29,30)(H,31,32). The Labute approximate surface area is 199 Å². The van der Waals surface area contributed by atoms with Gasteiger partial charge in [-0.15, -0.1) is 0 Å². The Morgan fingerprint density at radius 1 is 1.06 bits per heavy atom. The molecule has 0 fully saturated rings. The van der Waals surface area contributed by atoms with Gasteiger partial charge >= 0.3 is 12.1 Å². The number of nitrogens with one attached hydrogen (secondary N) is 2. The molecular formula is C27H30N2O5. The van der Waals surface area contributed by atoms with Gasteiger partial charge in [0.2, 0.25) is 5.91 Å². The fraction of sp³-hybridized carbons (Fsp3) is 0.370. The van der Waals surface area contributed by atoms with Gasteiger partial charge in [-0.3, -0.25) is 4.79 Å². The van der Waals surface area contributed by atoms with Gasteiger partial charge in [0.25, 0.3) is 0 Å². The van der Waals surface area contributed by atoms with Crippen molar-refractivity contribution in [1.82, 2.24) is 10.6 Å². The van der Waals surface area contributed by atoms with E-state index < -0.39 is 24.0 Å². The molecule has 0 saturated heterocycles. The number of carboxylic acid groups (broad SMARTS) is 1. The van der Waals surface area contributed by atoms with Crippen LogP contribution in [0, 0.1) is 5.92 Å². The van der Waals surface area contributed by atoms with Crippen molar-refractivity contribution in [2.75, 3.05) is 6.61 Å². The van der Waals surface area contributed by atoms with Crippen molar-refractivity contribution in [3.05, 3.63) is 71.8 Å². The first-order valence-corrected chi connectivity index (χ1v) is 11.8. The molecule has 3 unspecified atom stereocenters. The highest BCUT2D eigenvalue weighted by Gasteiger charge is 2.31. The molecule has 2 aliphatic rings. The molecule has 0 spiro atoms. The molecule has 2 aromatic carbocycles. The molecule has 7 heteroatoms. The lowest BCUT2D eigenvalue weighted by atomic mass is 9.90. The van der Waals surface area contributed by atoms with E-state index in [0.29, 0.717) is 25.7 Å². The molecule has 178 valence electrons. The summed E-state index contributed by atoms with van der Waals surface area (Å²) in [6.45, 7) is 2.09. The van der Waals surface area contributed by atoms with Gasteiger partial charge in [0.05, 0.1) is 6.04 Å². The zero-order valence-electron chi connectivity index (χ0n) is 19.2. The smallest absolute Gasteiger partial charge is 0.407 e. The van der Waals surface area contributed by atoms with Gasteiger partial charge in [0.1, 0.15) is 12.6 Å². The second-order valence-electron chi connectivity index (χ2n) is 8.86. The number of ether oxygens (including phenoxy) is 1. The summed E-state index contributed by atoms with van der Waals surface area (Å²) in [5.41, 5.74) is 4.62. The van der Waals surface area contributed by atoms with Crippen LogP contribution in [0.25, 0.3) is 11.1 Å². The van der Waals surface area contributed by atoms with Crippen LogP contribution in [0.15, 0.2) is 60.7 Å². The van der Waals surface area contributed by atoms with E-state index in [0.717, 1.165) is 11.1 Å². The lowest BCUT2D eigenvalue weighted by molar-refractivity contribution is -0.142. The number of carbonyl (C=O) groups excluding carboxylic acids is 2. The summed E-state index contributed by atoms with van der Waals surface area (Å²) in [5, 5.41) is 14.8. The summed E-state index contributed by atoms with van der Waals surface area (Å²) in [6, 6.07) is 15.1. The number of carboxylic acids is 1. The molecule has 0 heterocycles. The molecule has 0 saturated carbocycles. The summed E-state index contributed by atoms with van der Waals surface area (Å²) < 4.78 is 5.60. The monoisotopic (exact) mass is 462 g/mol. The largest absolute Gasteiger partial charge is 0.480 e. The van der Waals surface area contributed by atoms with Crippen LogP contribution in [-0.4, -0.2) is 41.8 Å². The van der Waals surface area contributed by atoms with Gasteiger partial charge in [0, 0.05) is 11.8 Å². The van der Waals surface area contributed by atoms with Crippen LogP contribution in [0.5, 0.6) is 0 Å². The zero-order valence-corrected chi connectivity index (χ0v) is 19.2. The third-order valence-electron chi connectivity index (χ3n) is 6.54. The molecular weight excluding hydrogens is 432 g/mol. The molecule has 3 N–H and O–H groups in total. The number of hydrogen-bond acceptors (Lipinski definition) is 4. The first kappa shape index (κ1) is 23.5. The predicted octanol–water partition coefficient (Wildman–Crippen LogP) is 4.23. The van der Waals surface area contributed by atoms with Crippen molar-refractivity contribution in [3.8, 4) is 11.1 Å². The van der Waals surface area contributed by atoms with E-state index in [1.807, 2.05) is 43.3 Å². The van der Waals surface area contributed by atoms with Crippen molar-refractivity contribution < 1.29 is 24.2 Å². The molecule has 2 aromatic rings. The number of allylic oxidation sites excluding steroid dienone is 1. The number of fused-ring (bicyclic) bond motifs is 3. The minimum atomic E-state index is -1.03. The molecule has 0 aromatic heterocycles. The fourth-order valence-corrected chi connectivity index (χ4v) is 4.84. The minimum Gasteiger partial charge on any atom is -0.480 e. The number of amides is 2. The van der Waals surface area contributed by atoms with E-state index in [1.165, 1.54) is 11.1 Å². The van der Waals surface area contributed by atoms with Gasteiger partial charge in [0.15, 0.2) is 0 Å². The zero-order chi connectivity index (χ0) is 24.1. The molecule has 34 heavy (non-hydrogen) atoms. The second-order valence-corrected chi connectivity index (χ2v) is 8.86. The Morgan fingerprint density at radius 2 is 1.71 bits per heavy atom. The van der Waals surface area contributed by atoms with E-state index in [9.17, 15) is 19.5 Å². The Balaban J connectivity index is 1.32. The molecule has 3 atom stereocenters. The predicted molar refractivity (Wildman–Crippen MR) is 128 cm³/mol. The topological polar surface area (TPSA) is 105 Å². The van der Waals surface area contributed by atoms with Crippen LogP contribution in [0.2, 0.25) is 0 Å². The Bertz CT molecular complexity index is 1050. The van der Waals surface area contributed by atoms with Gasteiger partial charge in [-0.05, 0) is 41.5 Å². The summed E-state index contributed by atoms with van der Waals surface area (Å²) in [4.78, 5) is 36.5. The highest BCUT2D eigenvalue weighted by Crippen LogP contribution is 2.44. The van der Waals surface area contributed by atoms with Crippen molar-refractivity contribution in [2.45, 2.75) is 50.6 Å². The molecule has 4 rings (SSSR count). The van der Waals surface area contributed by atoms with Crippen molar-refractivity contribution in [1.29, 1.82) is 0 Å². The van der Waals surface area contributed by atoms with Gasteiger partial charge in [-0.25, -0.2) is 9.59 Å². The number of aliphatic carboxylic acids is 1. The Kier molecular flexibility index (Phi) is 7.30. The lowest BCUT2D eigenvalue weighted by Crippen LogP contribution is -2.46. The Hall–Kier alpha value is -3.61. The van der Waals surface area contributed by atoms with Gasteiger partial charge < -0.3 is 20.5 Å². The van der Waals surface area contributed by atoms with E-state index in [1.54, 1.807) is 0 Å².